The molecule has 3 N–H and O–H groups in total. The SMILES string of the molecule is C[NH+](C)[C@@H]1NC(=O)c2cc(-c3ccccc3)sc2N1. The van der Waals surface area contributed by atoms with Crippen LogP contribution in [0.3, 0.4) is 0 Å². The minimum Gasteiger partial charge on any atom is -0.309 e. The third kappa shape index (κ3) is 2.22. The Hall–Kier alpha value is -1.85. The van der Waals surface area contributed by atoms with Gasteiger partial charge in [0, 0.05) is 4.88 Å². The molecule has 1 aromatic heterocycles. The number of carbonyl (C=O) groups is 1. The van der Waals surface area contributed by atoms with Crippen molar-refractivity contribution in [3.8, 4) is 10.4 Å². The van der Waals surface area contributed by atoms with Crippen molar-refractivity contribution in [2.24, 2.45) is 0 Å². The molecule has 0 aliphatic carbocycles. The highest BCUT2D eigenvalue weighted by Gasteiger charge is 2.29. The van der Waals surface area contributed by atoms with E-state index >= 15 is 0 Å². The molecule has 3 rings (SSSR count). The van der Waals surface area contributed by atoms with E-state index in [0.29, 0.717) is 0 Å². The minimum absolute atomic E-state index is 0.00150. The second-order valence-corrected chi connectivity index (χ2v) is 5.90. The van der Waals surface area contributed by atoms with Crippen molar-refractivity contribution >= 4 is 22.2 Å². The van der Waals surface area contributed by atoms with Gasteiger partial charge in [-0.05, 0) is 11.6 Å². The van der Waals surface area contributed by atoms with Crippen molar-refractivity contribution in [1.29, 1.82) is 0 Å². The number of benzene rings is 1. The first-order valence-corrected chi connectivity index (χ1v) is 7.03. The highest BCUT2D eigenvalue weighted by Crippen LogP contribution is 2.36. The number of hydrogen-bond donors (Lipinski definition) is 3. The molecule has 1 aliphatic heterocycles. The van der Waals surface area contributed by atoms with Gasteiger partial charge in [0.25, 0.3) is 5.91 Å². The minimum atomic E-state index is -0.0673. The Kier molecular flexibility index (Phi) is 3.00. The molecule has 5 heteroatoms. The highest BCUT2D eigenvalue weighted by atomic mass is 32.1. The Morgan fingerprint density at radius 1 is 1.16 bits per heavy atom. The molecule has 2 heterocycles. The van der Waals surface area contributed by atoms with Gasteiger partial charge in [0.15, 0.2) is 0 Å². The van der Waals surface area contributed by atoms with Crippen LogP contribution in [0, 0.1) is 0 Å². The number of thiophene rings is 1. The molecule has 19 heavy (non-hydrogen) atoms. The first-order valence-electron chi connectivity index (χ1n) is 6.22. The van der Waals surface area contributed by atoms with Gasteiger partial charge >= 0.3 is 0 Å². The predicted octanol–water partition coefficient (Wildman–Crippen LogP) is 0.999. The predicted molar refractivity (Wildman–Crippen MR) is 77.4 cm³/mol. The van der Waals surface area contributed by atoms with Crippen LogP contribution in [0.2, 0.25) is 0 Å². The van der Waals surface area contributed by atoms with Gasteiger partial charge in [-0.3, -0.25) is 10.1 Å². The lowest BCUT2D eigenvalue weighted by Crippen LogP contribution is -3.14. The summed E-state index contributed by atoms with van der Waals surface area (Å²) in [6, 6.07) is 12.1. The number of hydrogen-bond acceptors (Lipinski definition) is 3. The van der Waals surface area contributed by atoms with Crippen LogP contribution >= 0.6 is 11.3 Å². The lowest BCUT2D eigenvalue weighted by Gasteiger charge is -2.27. The Bertz CT molecular complexity index is 606. The van der Waals surface area contributed by atoms with E-state index in [2.05, 4.69) is 22.8 Å². The average Bonchev–Trinajstić information content (AvgIpc) is 2.84. The first kappa shape index (κ1) is 12.2. The number of nitrogens with one attached hydrogen (secondary N) is 3. The third-order valence-electron chi connectivity index (χ3n) is 3.16. The average molecular weight is 274 g/mol. The third-order valence-corrected chi connectivity index (χ3v) is 4.28. The van der Waals surface area contributed by atoms with Gasteiger partial charge in [-0.25, -0.2) is 0 Å². The van der Waals surface area contributed by atoms with Gasteiger partial charge in [0.2, 0.25) is 6.29 Å². The lowest BCUT2D eigenvalue weighted by molar-refractivity contribution is -0.884. The highest BCUT2D eigenvalue weighted by molar-refractivity contribution is 7.19. The van der Waals surface area contributed by atoms with E-state index in [4.69, 9.17) is 0 Å². The van der Waals surface area contributed by atoms with Crippen LogP contribution in [0.1, 0.15) is 10.4 Å². The molecule has 0 unspecified atom stereocenters. The van der Waals surface area contributed by atoms with Gasteiger partial charge in [0.1, 0.15) is 5.00 Å². The van der Waals surface area contributed by atoms with E-state index in [9.17, 15) is 4.79 Å². The molecule has 1 amide bonds. The summed E-state index contributed by atoms with van der Waals surface area (Å²) in [6.07, 6.45) is -0.0673. The van der Waals surface area contributed by atoms with Crippen LogP contribution in [-0.2, 0) is 0 Å². The summed E-state index contributed by atoms with van der Waals surface area (Å²) < 4.78 is 0. The largest absolute Gasteiger partial charge is 0.309 e. The number of rotatable bonds is 2. The van der Waals surface area contributed by atoms with Crippen molar-refractivity contribution in [3.05, 3.63) is 42.0 Å². The molecule has 0 saturated carbocycles. The topological polar surface area (TPSA) is 45.6 Å². The standard InChI is InChI=1S/C14H15N3OS/c1-17(2)14-15-12(18)10-8-11(19-13(10)16-14)9-6-4-3-5-7-9/h3-8,14,16H,1-2H3,(H,15,18)/p+1/t14-/m1/s1. The van der Waals surface area contributed by atoms with Crippen LogP contribution in [0.15, 0.2) is 36.4 Å². The number of amides is 1. The van der Waals surface area contributed by atoms with Crippen LogP contribution in [0.4, 0.5) is 5.00 Å². The van der Waals surface area contributed by atoms with E-state index in [1.54, 1.807) is 11.3 Å². The van der Waals surface area contributed by atoms with Crippen LogP contribution in [0.25, 0.3) is 10.4 Å². The fraction of sp³-hybridized carbons (Fsp3) is 0.214. The smallest absolute Gasteiger partial charge is 0.260 e. The molecule has 4 nitrogen and oxygen atoms in total. The van der Waals surface area contributed by atoms with Crippen molar-refractivity contribution in [2.75, 3.05) is 19.4 Å². The Morgan fingerprint density at radius 2 is 1.89 bits per heavy atom. The van der Waals surface area contributed by atoms with Gasteiger partial charge in [0.05, 0.1) is 19.7 Å². The monoisotopic (exact) mass is 274 g/mol. The summed E-state index contributed by atoms with van der Waals surface area (Å²) in [5.41, 5.74) is 1.88. The van der Waals surface area contributed by atoms with E-state index in [0.717, 1.165) is 25.9 Å². The molecule has 98 valence electrons. The van der Waals surface area contributed by atoms with Crippen LogP contribution < -0.4 is 15.5 Å². The zero-order valence-corrected chi connectivity index (χ0v) is 11.7. The summed E-state index contributed by atoms with van der Waals surface area (Å²) in [5.74, 6) is -0.00150. The fourth-order valence-corrected chi connectivity index (χ4v) is 3.17. The number of anilines is 1. The Morgan fingerprint density at radius 3 is 2.58 bits per heavy atom. The van der Waals surface area contributed by atoms with Gasteiger partial charge in [-0.1, -0.05) is 30.3 Å². The maximum Gasteiger partial charge on any atom is 0.260 e. The Balaban J connectivity index is 1.98. The maximum atomic E-state index is 12.1. The van der Waals surface area contributed by atoms with Crippen molar-refractivity contribution in [3.63, 3.8) is 0 Å². The van der Waals surface area contributed by atoms with Crippen molar-refractivity contribution in [1.82, 2.24) is 5.32 Å². The molecule has 0 fully saturated rings. The van der Waals surface area contributed by atoms with E-state index < -0.39 is 0 Å². The Labute approximate surface area is 116 Å². The van der Waals surface area contributed by atoms with E-state index in [1.165, 1.54) is 0 Å². The molecule has 2 aromatic rings. The summed E-state index contributed by atoms with van der Waals surface area (Å²) in [7, 11) is 4.02. The maximum absolute atomic E-state index is 12.1. The molecular formula is C14H16N3OS+. The molecule has 1 atom stereocenters. The molecule has 0 saturated heterocycles. The van der Waals surface area contributed by atoms with Crippen LogP contribution in [0.5, 0.6) is 0 Å². The van der Waals surface area contributed by atoms with Crippen molar-refractivity contribution in [2.45, 2.75) is 6.29 Å². The van der Waals surface area contributed by atoms with Gasteiger partial charge < -0.3 is 10.2 Å². The fourth-order valence-electron chi connectivity index (χ4n) is 2.08. The second kappa shape index (κ2) is 4.68. The van der Waals surface area contributed by atoms with Gasteiger partial charge in [-0.15, -0.1) is 11.3 Å². The second-order valence-electron chi connectivity index (χ2n) is 4.85. The summed E-state index contributed by atoms with van der Waals surface area (Å²) in [5, 5.41) is 7.28. The number of quaternary nitrogens is 1. The summed E-state index contributed by atoms with van der Waals surface area (Å²) >= 11 is 1.63. The summed E-state index contributed by atoms with van der Waals surface area (Å²) in [4.78, 5) is 14.3. The zero-order chi connectivity index (χ0) is 13.4. The molecule has 1 aliphatic rings. The normalized spacial score (nSPS) is 17.8. The zero-order valence-electron chi connectivity index (χ0n) is 10.9. The number of carbonyl (C=O) groups excluding carboxylic acids is 1. The molecular weight excluding hydrogens is 258 g/mol. The van der Waals surface area contributed by atoms with Crippen molar-refractivity contribution < 1.29 is 9.69 Å². The molecule has 0 radical (unpaired) electrons. The first-order chi connectivity index (χ1) is 9.15. The summed E-state index contributed by atoms with van der Waals surface area (Å²) in [6.45, 7) is 0. The quantitative estimate of drug-likeness (QED) is 0.765. The lowest BCUT2D eigenvalue weighted by atomic mass is 10.1. The molecule has 1 aromatic carbocycles. The molecule has 0 bridgehead atoms. The van der Waals surface area contributed by atoms with Crippen LogP contribution in [-0.4, -0.2) is 26.3 Å². The molecule has 0 spiro atoms. The van der Waals surface area contributed by atoms with E-state index in [1.807, 2.05) is 38.4 Å². The van der Waals surface area contributed by atoms with Gasteiger partial charge in [-0.2, -0.15) is 0 Å². The van der Waals surface area contributed by atoms with E-state index in [-0.39, 0.29) is 12.2 Å². The number of fused-ring (bicyclic) bond motifs is 1.